The van der Waals surface area contributed by atoms with E-state index in [2.05, 4.69) is 10.1 Å². The number of aromatic nitrogens is 2. The molecule has 4 rings (SSSR count). The molecule has 0 radical (unpaired) electrons. The minimum atomic E-state index is -0.422. The summed E-state index contributed by atoms with van der Waals surface area (Å²) in [7, 11) is 0. The average molecular weight is 372 g/mol. The summed E-state index contributed by atoms with van der Waals surface area (Å²) in [5, 5.41) is 4.61. The molecule has 132 valence electrons. The smallest absolute Gasteiger partial charge is 0.260 e. The molecule has 0 saturated carbocycles. The summed E-state index contributed by atoms with van der Waals surface area (Å²) in [6.07, 6.45) is 0.309. The third kappa shape index (κ3) is 3.32. The van der Waals surface area contributed by atoms with Gasteiger partial charge in [-0.25, -0.2) is 4.39 Å². The molecule has 1 atom stereocenters. The third-order valence-corrected chi connectivity index (χ3v) is 4.66. The standard InChI is InChI=1S/C19H15ClFN3O2/c20-14-7-5-12(6-8-14)10-24-11-13(9-17(24)25)18-22-19(26-23-18)15-3-1-2-4-16(15)21/h1-8,13H,9-11H2. The number of nitrogens with zero attached hydrogens (tertiary/aromatic N) is 3. The van der Waals surface area contributed by atoms with Gasteiger partial charge in [-0.15, -0.1) is 0 Å². The Morgan fingerprint density at radius 1 is 1.19 bits per heavy atom. The van der Waals surface area contributed by atoms with Gasteiger partial charge in [0.1, 0.15) is 5.82 Å². The Labute approximate surface area is 154 Å². The van der Waals surface area contributed by atoms with E-state index in [1.54, 1.807) is 35.2 Å². The second-order valence-electron chi connectivity index (χ2n) is 6.24. The van der Waals surface area contributed by atoms with Gasteiger partial charge in [0.05, 0.1) is 5.56 Å². The van der Waals surface area contributed by atoms with Crippen LogP contribution >= 0.6 is 11.6 Å². The number of hydrogen-bond acceptors (Lipinski definition) is 4. The number of rotatable bonds is 4. The van der Waals surface area contributed by atoms with Gasteiger partial charge < -0.3 is 9.42 Å². The van der Waals surface area contributed by atoms with Crippen molar-refractivity contribution < 1.29 is 13.7 Å². The van der Waals surface area contributed by atoms with E-state index >= 15 is 0 Å². The molecular formula is C19H15ClFN3O2. The maximum absolute atomic E-state index is 13.9. The number of halogens is 2. The highest BCUT2D eigenvalue weighted by Crippen LogP contribution is 2.30. The lowest BCUT2D eigenvalue weighted by molar-refractivity contribution is -0.128. The molecule has 2 aromatic carbocycles. The number of carbonyl (C=O) groups is 1. The molecule has 26 heavy (non-hydrogen) atoms. The van der Waals surface area contributed by atoms with E-state index in [-0.39, 0.29) is 23.3 Å². The van der Waals surface area contributed by atoms with Crippen LogP contribution < -0.4 is 0 Å². The van der Waals surface area contributed by atoms with Gasteiger partial charge in [-0.1, -0.05) is 41.0 Å². The van der Waals surface area contributed by atoms with Crippen molar-refractivity contribution >= 4 is 17.5 Å². The topological polar surface area (TPSA) is 59.2 Å². The third-order valence-electron chi connectivity index (χ3n) is 4.41. The molecule has 5 nitrogen and oxygen atoms in total. The normalized spacial score (nSPS) is 17.1. The Morgan fingerprint density at radius 3 is 2.73 bits per heavy atom. The first-order valence-corrected chi connectivity index (χ1v) is 8.58. The highest BCUT2D eigenvalue weighted by atomic mass is 35.5. The van der Waals surface area contributed by atoms with Crippen molar-refractivity contribution in [3.05, 3.63) is 70.8 Å². The largest absolute Gasteiger partial charge is 0.338 e. The van der Waals surface area contributed by atoms with Crippen molar-refractivity contribution in [2.24, 2.45) is 0 Å². The Bertz CT molecular complexity index is 942. The predicted octanol–water partition coefficient (Wildman–Crippen LogP) is 4.05. The van der Waals surface area contributed by atoms with Crippen molar-refractivity contribution in [2.75, 3.05) is 6.54 Å². The summed E-state index contributed by atoms with van der Waals surface area (Å²) < 4.78 is 19.1. The SMILES string of the molecule is O=C1CC(c2noc(-c3ccccc3F)n2)CN1Cc1ccc(Cl)cc1. The summed E-state index contributed by atoms with van der Waals surface area (Å²) >= 11 is 5.89. The second kappa shape index (κ2) is 6.88. The zero-order valence-electron chi connectivity index (χ0n) is 13.7. The number of benzene rings is 2. The Hall–Kier alpha value is -2.73. The quantitative estimate of drug-likeness (QED) is 0.694. The molecule has 1 fully saturated rings. The summed E-state index contributed by atoms with van der Waals surface area (Å²) in [4.78, 5) is 18.4. The summed E-state index contributed by atoms with van der Waals surface area (Å²) in [6.45, 7) is 1.00. The molecule has 1 saturated heterocycles. The van der Waals surface area contributed by atoms with Gasteiger partial charge in [-0.05, 0) is 29.8 Å². The molecule has 1 unspecified atom stereocenters. The van der Waals surface area contributed by atoms with Crippen molar-refractivity contribution in [3.8, 4) is 11.5 Å². The van der Waals surface area contributed by atoms with E-state index in [0.29, 0.717) is 30.4 Å². The minimum Gasteiger partial charge on any atom is -0.338 e. The van der Waals surface area contributed by atoms with Crippen LogP contribution in [-0.2, 0) is 11.3 Å². The van der Waals surface area contributed by atoms with E-state index in [1.807, 2.05) is 12.1 Å². The number of carbonyl (C=O) groups excluding carboxylic acids is 1. The summed E-state index contributed by atoms with van der Waals surface area (Å²) in [5.41, 5.74) is 1.26. The van der Waals surface area contributed by atoms with Crippen LogP contribution in [0.3, 0.4) is 0 Å². The highest BCUT2D eigenvalue weighted by Gasteiger charge is 2.33. The fourth-order valence-corrected chi connectivity index (χ4v) is 3.18. The van der Waals surface area contributed by atoms with Crippen LogP contribution in [0.5, 0.6) is 0 Å². The first kappa shape index (κ1) is 16.7. The van der Waals surface area contributed by atoms with Crippen molar-refractivity contribution in [3.63, 3.8) is 0 Å². The molecule has 0 bridgehead atoms. The van der Waals surface area contributed by atoms with Crippen molar-refractivity contribution in [1.29, 1.82) is 0 Å². The van der Waals surface area contributed by atoms with Gasteiger partial charge in [0.25, 0.3) is 5.89 Å². The minimum absolute atomic E-state index is 0.0298. The van der Waals surface area contributed by atoms with Crippen LogP contribution in [0.15, 0.2) is 53.1 Å². The van der Waals surface area contributed by atoms with E-state index < -0.39 is 5.82 Å². The molecule has 1 aromatic heterocycles. The van der Waals surface area contributed by atoms with Crippen LogP contribution in [0, 0.1) is 5.82 Å². The summed E-state index contributed by atoms with van der Waals surface area (Å²) in [5.74, 6) is -0.00672. The van der Waals surface area contributed by atoms with Crippen LogP contribution in [0.4, 0.5) is 4.39 Å². The first-order chi connectivity index (χ1) is 12.6. The van der Waals surface area contributed by atoms with Gasteiger partial charge in [-0.3, -0.25) is 4.79 Å². The molecular weight excluding hydrogens is 357 g/mol. The fraction of sp³-hybridized carbons (Fsp3) is 0.211. The van der Waals surface area contributed by atoms with Crippen molar-refractivity contribution in [1.82, 2.24) is 15.0 Å². The van der Waals surface area contributed by atoms with Crippen LogP contribution in [-0.4, -0.2) is 27.5 Å². The lowest BCUT2D eigenvalue weighted by Gasteiger charge is -2.16. The molecule has 1 amide bonds. The van der Waals surface area contributed by atoms with E-state index in [1.165, 1.54) is 6.07 Å². The molecule has 3 aromatic rings. The number of likely N-dealkylation sites (tertiary alicyclic amines) is 1. The van der Waals surface area contributed by atoms with Gasteiger partial charge >= 0.3 is 0 Å². The predicted molar refractivity (Wildman–Crippen MR) is 93.9 cm³/mol. The van der Waals surface area contributed by atoms with E-state index in [4.69, 9.17) is 16.1 Å². The zero-order valence-corrected chi connectivity index (χ0v) is 14.5. The molecule has 0 spiro atoms. The van der Waals surface area contributed by atoms with Crippen LogP contribution in [0.2, 0.25) is 5.02 Å². The van der Waals surface area contributed by atoms with Crippen LogP contribution in [0.25, 0.3) is 11.5 Å². The Balaban J connectivity index is 1.49. The molecule has 1 aliphatic heterocycles. The van der Waals surface area contributed by atoms with E-state index in [9.17, 15) is 9.18 Å². The summed E-state index contributed by atoms with van der Waals surface area (Å²) in [6, 6.07) is 13.6. The molecule has 1 aliphatic rings. The average Bonchev–Trinajstić information content (AvgIpc) is 3.25. The molecule has 2 heterocycles. The Kier molecular flexibility index (Phi) is 4.42. The highest BCUT2D eigenvalue weighted by molar-refractivity contribution is 6.30. The first-order valence-electron chi connectivity index (χ1n) is 8.21. The monoisotopic (exact) mass is 371 g/mol. The second-order valence-corrected chi connectivity index (χ2v) is 6.68. The van der Waals surface area contributed by atoms with Gasteiger partial charge in [0.2, 0.25) is 5.91 Å². The maximum Gasteiger partial charge on any atom is 0.260 e. The number of amides is 1. The maximum atomic E-state index is 13.9. The van der Waals surface area contributed by atoms with E-state index in [0.717, 1.165) is 5.56 Å². The lowest BCUT2D eigenvalue weighted by atomic mass is 10.1. The fourth-order valence-electron chi connectivity index (χ4n) is 3.05. The number of hydrogen-bond donors (Lipinski definition) is 0. The van der Waals surface area contributed by atoms with Gasteiger partial charge in [0, 0.05) is 30.5 Å². The van der Waals surface area contributed by atoms with Gasteiger partial charge in [-0.2, -0.15) is 4.98 Å². The Morgan fingerprint density at radius 2 is 1.96 bits per heavy atom. The molecule has 0 aliphatic carbocycles. The van der Waals surface area contributed by atoms with Crippen molar-refractivity contribution in [2.45, 2.75) is 18.9 Å². The lowest BCUT2D eigenvalue weighted by Crippen LogP contribution is -2.24. The molecule has 0 N–H and O–H groups in total. The van der Waals surface area contributed by atoms with Gasteiger partial charge in [0.15, 0.2) is 5.82 Å². The zero-order chi connectivity index (χ0) is 18.1. The molecule has 7 heteroatoms. The van der Waals surface area contributed by atoms with Crippen LogP contribution in [0.1, 0.15) is 23.7 Å².